The van der Waals surface area contributed by atoms with Crippen LogP contribution in [0, 0.1) is 0 Å². The largest absolute Gasteiger partial charge is 0.446 e. The van der Waals surface area contributed by atoms with E-state index in [-0.39, 0.29) is 23.8 Å². The Labute approximate surface area is 315 Å². The number of hydrogen-bond acceptors (Lipinski definition) is 7. The predicted molar refractivity (Wildman–Crippen MR) is 212 cm³/mol. The van der Waals surface area contributed by atoms with Gasteiger partial charge in [-0.15, -0.1) is 0 Å². The fraction of sp³-hybridized carbons (Fsp3) is 0.476. The summed E-state index contributed by atoms with van der Waals surface area (Å²) in [7, 11) is 5.45. The van der Waals surface area contributed by atoms with Crippen molar-refractivity contribution in [3.05, 3.63) is 84.4 Å². The Morgan fingerprint density at radius 2 is 1.45 bits per heavy atom. The highest BCUT2D eigenvalue weighted by Gasteiger charge is 2.23. The number of carbonyl (C=O) groups excluding carboxylic acids is 4. The Balaban J connectivity index is 1.05. The van der Waals surface area contributed by atoms with Crippen molar-refractivity contribution < 1.29 is 23.9 Å². The normalized spacial score (nSPS) is 13.2. The third kappa shape index (κ3) is 13.5. The number of rotatable bonds is 19. The van der Waals surface area contributed by atoms with Gasteiger partial charge in [0.15, 0.2) is 0 Å². The Kier molecular flexibility index (Phi) is 16.6. The molecule has 286 valence electrons. The number of nitrogens with one attached hydrogen (secondary N) is 2. The molecule has 3 aromatic rings. The van der Waals surface area contributed by atoms with Gasteiger partial charge < -0.3 is 29.7 Å². The highest BCUT2D eigenvalue weighted by atomic mass is 16.6. The van der Waals surface area contributed by atoms with Crippen molar-refractivity contribution in [2.45, 2.75) is 64.4 Å². The molecule has 53 heavy (non-hydrogen) atoms. The smallest absolute Gasteiger partial charge is 0.411 e. The molecule has 0 aliphatic carbocycles. The van der Waals surface area contributed by atoms with Crippen LogP contribution >= 0.6 is 0 Å². The van der Waals surface area contributed by atoms with Gasteiger partial charge in [0.1, 0.15) is 6.10 Å². The lowest BCUT2D eigenvalue weighted by molar-refractivity contribution is -0.130. The van der Waals surface area contributed by atoms with Crippen LogP contribution in [0.15, 0.2) is 78.9 Å². The van der Waals surface area contributed by atoms with Crippen molar-refractivity contribution in [3.8, 4) is 11.1 Å². The lowest BCUT2D eigenvalue weighted by Crippen LogP contribution is -2.42. The first-order valence-electron chi connectivity index (χ1n) is 19.1. The van der Waals surface area contributed by atoms with Crippen LogP contribution in [0.1, 0.15) is 68.6 Å². The summed E-state index contributed by atoms with van der Waals surface area (Å²) in [6.07, 6.45) is 5.37. The van der Waals surface area contributed by atoms with E-state index in [1.807, 2.05) is 97.7 Å². The summed E-state index contributed by atoms with van der Waals surface area (Å²) in [4.78, 5) is 57.8. The molecule has 11 nitrogen and oxygen atoms in total. The topological polar surface area (TPSA) is 115 Å². The maximum atomic E-state index is 12.9. The molecule has 0 radical (unpaired) electrons. The van der Waals surface area contributed by atoms with Gasteiger partial charge in [-0.1, -0.05) is 67.9 Å². The van der Waals surface area contributed by atoms with Gasteiger partial charge in [-0.2, -0.15) is 0 Å². The lowest BCUT2D eigenvalue weighted by atomic mass is 10.0. The van der Waals surface area contributed by atoms with Crippen LogP contribution in [0.3, 0.4) is 0 Å². The molecule has 2 N–H and O–H groups in total. The Morgan fingerprint density at radius 1 is 0.755 bits per heavy atom. The molecule has 11 heteroatoms. The van der Waals surface area contributed by atoms with E-state index in [2.05, 4.69) is 15.5 Å². The SMILES string of the molecule is CCC(=O)N(C)CCCN(C)C(=O)c1cccc(NCCCCCC(=O)N(C)CCN2CCC(OC(=O)Nc3ccccc3-c3ccccc3)CC2)c1. The van der Waals surface area contributed by atoms with Gasteiger partial charge >= 0.3 is 6.09 Å². The number of unbranched alkanes of at least 4 members (excludes halogenated alkanes) is 2. The zero-order valence-electron chi connectivity index (χ0n) is 32.0. The highest BCUT2D eigenvalue weighted by Crippen LogP contribution is 2.28. The number of benzene rings is 3. The molecule has 4 amide bonds. The summed E-state index contributed by atoms with van der Waals surface area (Å²) in [5, 5.41) is 6.34. The van der Waals surface area contributed by atoms with Crippen LogP contribution in [0.2, 0.25) is 0 Å². The quantitative estimate of drug-likeness (QED) is 0.130. The van der Waals surface area contributed by atoms with Crippen molar-refractivity contribution in [3.63, 3.8) is 0 Å². The number of carbonyl (C=O) groups is 4. The maximum absolute atomic E-state index is 12.9. The monoisotopic (exact) mass is 726 g/mol. The minimum atomic E-state index is -0.434. The Bertz CT molecular complexity index is 1610. The molecule has 1 aliphatic heterocycles. The number of anilines is 2. The van der Waals surface area contributed by atoms with E-state index in [1.165, 1.54) is 0 Å². The molecule has 0 aromatic heterocycles. The lowest BCUT2D eigenvalue weighted by Gasteiger charge is -2.32. The van der Waals surface area contributed by atoms with Crippen LogP contribution in [-0.4, -0.2) is 116 Å². The molecule has 0 atom stereocenters. The minimum Gasteiger partial charge on any atom is -0.446 e. The van der Waals surface area contributed by atoms with Crippen molar-refractivity contribution >= 4 is 35.2 Å². The summed E-state index contributed by atoms with van der Waals surface area (Å²) in [6.45, 7) is 6.92. The van der Waals surface area contributed by atoms with Crippen LogP contribution < -0.4 is 10.6 Å². The average Bonchev–Trinajstić information content (AvgIpc) is 3.18. The van der Waals surface area contributed by atoms with E-state index in [4.69, 9.17) is 4.74 Å². The molecule has 3 aromatic carbocycles. The van der Waals surface area contributed by atoms with E-state index in [9.17, 15) is 19.2 Å². The van der Waals surface area contributed by atoms with Gasteiger partial charge in [-0.05, 0) is 61.9 Å². The van der Waals surface area contributed by atoms with Gasteiger partial charge in [0.25, 0.3) is 5.91 Å². The first kappa shape index (κ1) is 40.9. The van der Waals surface area contributed by atoms with E-state index in [0.717, 1.165) is 87.2 Å². The van der Waals surface area contributed by atoms with Crippen LogP contribution in [0.4, 0.5) is 16.2 Å². The zero-order chi connectivity index (χ0) is 38.0. The Hall–Kier alpha value is -4.90. The second-order valence-electron chi connectivity index (χ2n) is 13.9. The minimum absolute atomic E-state index is 0.0409. The number of nitrogens with zero attached hydrogens (tertiary/aromatic N) is 4. The summed E-state index contributed by atoms with van der Waals surface area (Å²) in [5.74, 6) is 0.220. The molecule has 0 bridgehead atoms. The molecular formula is C42H58N6O5. The fourth-order valence-corrected chi connectivity index (χ4v) is 6.44. The van der Waals surface area contributed by atoms with Gasteiger partial charge in [0, 0.05) is 96.6 Å². The summed E-state index contributed by atoms with van der Waals surface area (Å²) >= 11 is 0. The van der Waals surface area contributed by atoms with Crippen molar-refractivity contribution in [2.75, 3.05) is 77.6 Å². The van der Waals surface area contributed by atoms with E-state index in [1.54, 1.807) is 23.9 Å². The predicted octanol–water partition coefficient (Wildman–Crippen LogP) is 6.83. The molecule has 0 saturated carbocycles. The number of piperidine rings is 1. The molecule has 4 rings (SSSR count). The molecule has 1 fully saturated rings. The van der Waals surface area contributed by atoms with Crippen LogP contribution in [0.25, 0.3) is 11.1 Å². The van der Waals surface area contributed by atoms with E-state index >= 15 is 0 Å². The number of amides is 4. The van der Waals surface area contributed by atoms with Crippen molar-refractivity contribution in [2.24, 2.45) is 0 Å². The molecule has 1 aliphatic rings. The second-order valence-corrected chi connectivity index (χ2v) is 13.9. The Morgan fingerprint density at radius 3 is 2.21 bits per heavy atom. The molecule has 0 spiro atoms. The number of ether oxygens (including phenoxy) is 1. The molecule has 1 heterocycles. The second kappa shape index (κ2) is 21.6. The van der Waals surface area contributed by atoms with Gasteiger partial charge in [0.05, 0.1) is 5.69 Å². The molecule has 1 saturated heterocycles. The van der Waals surface area contributed by atoms with Crippen LogP contribution in [0.5, 0.6) is 0 Å². The fourth-order valence-electron chi connectivity index (χ4n) is 6.44. The first-order chi connectivity index (χ1) is 25.6. The first-order valence-corrected chi connectivity index (χ1v) is 19.1. The third-order valence-electron chi connectivity index (χ3n) is 9.80. The summed E-state index contributed by atoms with van der Waals surface area (Å²) in [6, 6.07) is 25.2. The van der Waals surface area contributed by atoms with Crippen LogP contribution in [-0.2, 0) is 14.3 Å². The van der Waals surface area contributed by atoms with E-state index in [0.29, 0.717) is 38.0 Å². The third-order valence-corrected chi connectivity index (χ3v) is 9.80. The zero-order valence-corrected chi connectivity index (χ0v) is 32.0. The number of hydrogen-bond donors (Lipinski definition) is 2. The van der Waals surface area contributed by atoms with Crippen molar-refractivity contribution in [1.82, 2.24) is 19.6 Å². The number of likely N-dealkylation sites (N-methyl/N-ethyl adjacent to an activating group) is 1. The molecule has 0 unspecified atom stereocenters. The van der Waals surface area contributed by atoms with Gasteiger partial charge in [-0.25, -0.2) is 4.79 Å². The van der Waals surface area contributed by atoms with Crippen molar-refractivity contribution in [1.29, 1.82) is 0 Å². The molecular weight excluding hydrogens is 668 g/mol. The standard InChI is InChI=1S/C42H58N6O5/c1-5-39(49)45(2)26-15-27-47(4)41(51)34-18-14-19-35(32-34)43-25-13-7-10-22-40(50)46(3)30-31-48-28-23-36(24-29-48)53-42(52)44-38-21-12-11-20-37(38)33-16-8-6-9-17-33/h6,8-9,11-12,14,16-21,32,36,43H,5,7,10,13,15,22-31H2,1-4H3,(H,44,52). The summed E-state index contributed by atoms with van der Waals surface area (Å²) < 4.78 is 5.77. The van der Waals surface area contributed by atoms with Gasteiger partial charge in [0.2, 0.25) is 11.8 Å². The average molecular weight is 727 g/mol. The van der Waals surface area contributed by atoms with E-state index < -0.39 is 6.09 Å². The van der Waals surface area contributed by atoms with Gasteiger partial charge in [-0.3, -0.25) is 19.7 Å². The maximum Gasteiger partial charge on any atom is 0.411 e. The number of para-hydroxylation sites is 1. The number of likely N-dealkylation sites (tertiary alicyclic amines) is 1. The highest BCUT2D eigenvalue weighted by molar-refractivity contribution is 5.95. The summed E-state index contributed by atoms with van der Waals surface area (Å²) in [5.41, 5.74) is 4.24.